The normalized spacial score (nSPS) is 20.3. The number of carboxylic acid groups (broad SMARTS) is 1. The van der Waals surface area contributed by atoms with Crippen molar-refractivity contribution >= 4 is 11.9 Å². The molecule has 1 saturated carbocycles. The van der Waals surface area contributed by atoms with Crippen LogP contribution in [0, 0.1) is 0 Å². The molecule has 1 aliphatic carbocycles. The Morgan fingerprint density at radius 2 is 1.96 bits per heavy atom. The maximum absolute atomic E-state index is 12.0. The lowest BCUT2D eigenvalue weighted by Crippen LogP contribution is -2.34. The van der Waals surface area contributed by atoms with Gasteiger partial charge in [0.05, 0.1) is 23.9 Å². The molecule has 1 heterocycles. The molecule has 1 aliphatic rings. The predicted octanol–water partition coefficient (Wildman–Crippen LogP) is 3.95. The van der Waals surface area contributed by atoms with Crippen molar-refractivity contribution in [1.82, 2.24) is 9.78 Å². The van der Waals surface area contributed by atoms with E-state index in [9.17, 15) is 15.0 Å². The highest BCUT2D eigenvalue weighted by Gasteiger charge is 2.31. The number of anilines is 1. The number of rotatable bonds is 4. The summed E-state index contributed by atoms with van der Waals surface area (Å²) in [6, 6.07) is 11.4. The summed E-state index contributed by atoms with van der Waals surface area (Å²) < 4.78 is 1.80. The quantitative estimate of drug-likeness (QED) is 0.868. The standard InChI is InChI=1S/C20H27N3O3/c1-20(2,3)23-18(12-17(21-23)15-9-10-16(24)11-15)22(19(25)26)13-14-7-5-4-6-8-14/h4-8,12,15-16,24H,9-11,13H2,1-3H3,(H,25,26)/t15-,16+/m0/s1. The summed E-state index contributed by atoms with van der Waals surface area (Å²) in [6.07, 6.45) is 1.05. The van der Waals surface area contributed by atoms with Crippen LogP contribution in [-0.2, 0) is 12.1 Å². The van der Waals surface area contributed by atoms with Gasteiger partial charge in [0.2, 0.25) is 0 Å². The summed E-state index contributed by atoms with van der Waals surface area (Å²) in [5, 5.41) is 24.4. The fourth-order valence-corrected chi connectivity index (χ4v) is 3.51. The second-order valence-corrected chi connectivity index (χ2v) is 8.03. The highest BCUT2D eigenvalue weighted by atomic mass is 16.4. The van der Waals surface area contributed by atoms with E-state index >= 15 is 0 Å². The molecule has 0 saturated heterocycles. The third-order valence-electron chi connectivity index (χ3n) is 4.86. The van der Waals surface area contributed by atoms with Crippen LogP contribution in [0.2, 0.25) is 0 Å². The van der Waals surface area contributed by atoms with Gasteiger partial charge in [0.1, 0.15) is 5.82 Å². The van der Waals surface area contributed by atoms with E-state index in [1.165, 1.54) is 4.90 Å². The lowest BCUT2D eigenvalue weighted by molar-refractivity contribution is 0.181. The number of amides is 1. The molecular formula is C20H27N3O3. The van der Waals surface area contributed by atoms with Crippen LogP contribution in [0.5, 0.6) is 0 Å². The molecule has 6 heteroatoms. The van der Waals surface area contributed by atoms with Gasteiger partial charge >= 0.3 is 6.09 Å². The molecule has 1 fully saturated rings. The first-order valence-electron chi connectivity index (χ1n) is 9.08. The lowest BCUT2D eigenvalue weighted by Gasteiger charge is -2.27. The van der Waals surface area contributed by atoms with E-state index in [1.54, 1.807) is 4.68 Å². The predicted molar refractivity (Wildman–Crippen MR) is 100 cm³/mol. The van der Waals surface area contributed by atoms with Crippen molar-refractivity contribution in [3.63, 3.8) is 0 Å². The van der Waals surface area contributed by atoms with Crippen LogP contribution in [0.4, 0.5) is 10.6 Å². The van der Waals surface area contributed by atoms with Crippen LogP contribution < -0.4 is 4.90 Å². The van der Waals surface area contributed by atoms with Gasteiger partial charge in [0, 0.05) is 12.0 Å². The Kier molecular flexibility index (Phi) is 5.05. The second-order valence-electron chi connectivity index (χ2n) is 8.03. The van der Waals surface area contributed by atoms with E-state index in [0.717, 1.165) is 24.1 Å². The molecule has 2 aromatic rings. The molecule has 0 bridgehead atoms. The van der Waals surface area contributed by atoms with Gasteiger partial charge < -0.3 is 10.2 Å². The van der Waals surface area contributed by atoms with E-state index in [4.69, 9.17) is 5.10 Å². The van der Waals surface area contributed by atoms with E-state index in [2.05, 4.69) is 0 Å². The van der Waals surface area contributed by atoms with Crippen molar-refractivity contribution in [2.75, 3.05) is 4.90 Å². The zero-order valence-electron chi connectivity index (χ0n) is 15.6. The SMILES string of the molecule is CC(C)(C)n1nc([C@H]2CC[C@@H](O)C2)cc1N(Cc1ccccc1)C(=O)O. The minimum absolute atomic E-state index is 0.180. The van der Waals surface area contributed by atoms with Crippen molar-refractivity contribution < 1.29 is 15.0 Å². The molecule has 1 amide bonds. The fourth-order valence-electron chi connectivity index (χ4n) is 3.51. The Hall–Kier alpha value is -2.34. The maximum Gasteiger partial charge on any atom is 0.413 e. The van der Waals surface area contributed by atoms with Gasteiger partial charge in [-0.05, 0) is 45.6 Å². The molecule has 2 atom stereocenters. The van der Waals surface area contributed by atoms with Crippen LogP contribution in [0.3, 0.4) is 0 Å². The summed E-state index contributed by atoms with van der Waals surface area (Å²) >= 11 is 0. The fraction of sp³-hybridized carbons (Fsp3) is 0.500. The average molecular weight is 357 g/mol. The topological polar surface area (TPSA) is 78.6 Å². The number of aromatic nitrogens is 2. The van der Waals surface area contributed by atoms with Gasteiger partial charge in [-0.3, -0.25) is 4.90 Å². The van der Waals surface area contributed by atoms with Crippen LogP contribution >= 0.6 is 0 Å². The van der Waals surface area contributed by atoms with Crippen LogP contribution in [-0.4, -0.2) is 32.2 Å². The Labute approximate surface area is 154 Å². The average Bonchev–Trinajstić information content (AvgIpc) is 3.19. The maximum atomic E-state index is 12.0. The smallest absolute Gasteiger partial charge is 0.413 e. The molecule has 140 valence electrons. The zero-order valence-corrected chi connectivity index (χ0v) is 15.6. The first kappa shape index (κ1) is 18.5. The molecule has 6 nitrogen and oxygen atoms in total. The molecule has 26 heavy (non-hydrogen) atoms. The van der Waals surface area contributed by atoms with Gasteiger partial charge in [-0.2, -0.15) is 5.10 Å². The Morgan fingerprint density at radius 3 is 2.50 bits per heavy atom. The van der Waals surface area contributed by atoms with Gasteiger partial charge in [-0.25, -0.2) is 9.48 Å². The van der Waals surface area contributed by atoms with E-state index in [0.29, 0.717) is 12.2 Å². The molecule has 1 aromatic carbocycles. The third-order valence-corrected chi connectivity index (χ3v) is 4.86. The first-order chi connectivity index (χ1) is 12.3. The Bertz CT molecular complexity index is 764. The highest BCUT2D eigenvalue weighted by Crippen LogP contribution is 2.37. The number of hydrogen-bond acceptors (Lipinski definition) is 3. The number of carbonyl (C=O) groups is 1. The Balaban J connectivity index is 1.99. The zero-order chi connectivity index (χ0) is 18.9. The summed E-state index contributed by atoms with van der Waals surface area (Å²) in [7, 11) is 0. The van der Waals surface area contributed by atoms with Crippen LogP contribution in [0.1, 0.15) is 57.2 Å². The lowest BCUT2D eigenvalue weighted by atomic mass is 10.0. The molecule has 0 unspecified atom stereocenters. The van der Waals surface area contributed by atoms with E-state index in [1.807, 2.05) is 57.2 Å². The van der Waals surface area contributed by atoms with Crippen molar-refractivity contribution in [1.29, 1.82) is 0 Å². The summed E-state index contributed by atoms with van der Waals surface area (Å²) in [6.45, 7) is 6.31. The molecule has 1 aromatic heterocycles. The molecule has 3 rings (SSSR count). The van der Waals surface area contributed by atoms with E-state index < -0.39 is 6.09 Å². The Morgan fingerprint density at radius 1 is 1.27 bits per heavy atom. The first-order valence-corrected chi connectivity index (χ1v) is 9.08. The van der Waals surface area contributed by atoms with Gasteiger partial charge in [-0.15, -0.1) is 0 Å². The van der Waals surface area contributed by atoms with Crippen LogP contribution in [0.25, 0.3) is 0 Å². The van der Waals surface area contributed by atoms with Gasteiger partial charge in [0.25, 0.3) is 0 Å². The third kappa shape index (κ3) is 3.90. The summed E-state index contributed by atoms with van der Waals surface area (Å²) in [5.74, 6) is 0.755. The van der Waals surface area contributed by atoms with Crippen molar-refractivity contribution in [3.05, 3.63) is 47.7 Å². The number of hydrogen-bond donors (Lipinski definition) is 2. The molecule has 0 radical (unpaired) electrons. The number of nitrogens with zero attached hydrogens (tertiary/aromatic N) is 3. The minimum atomic E-state index is -1.00. The number of aliphatic hydroxyl groups is 1. The summed E-state index contributed by atoms with van der Waals surface area (Å²) in [5.41, 5.74) is 1.44. The molecular weight excluding hydrogens is 330 g/mol. The highest BCUT2D eigenvalue weighted by molar-refractivity contribution is 5.85. The molecule has 0 aliphatic heterocycles. The summed E-state index contributed by atoms with van der Waals surface area (Å²) in [4.78, 5) is 13.4. The molecule has 2 N–H and O–H groups in total. The van der Waals surface area contributed by atoms with E-state index in [-0.39, 0.29) is 24.1 Å². The second kappa shape index (κ2) is 7.11. The molecule has 0 spiro atoms. The largest absolute Gasteiger partial charge is 0.465 e. The van der Waals surface area contributed by atoms with Crippen LogP contribution in [0.15, 0.2) is 36.4 Å². The van der Waals surface area contributed by atoms with Crippen molar-refractivity contribution in [2.45, 2.75) is 64.1 Å². The number of benzene rings is 1. The minimum Gasteiger partial charge on any atom is -0.465 e. The monoisotopic (exact) mass is 357 g/mol. The van der Waals surface area contributed by atoms with Gasteiger partial charge in [0.15, 0.2) is 0 Å². The van der Waals surface area contributed by atoms with Crippen molar-refractivity contribution in [3.8, 4) is 0 Å². The van der Waals surface area contributed by atoms with Crippen molar-refractivity contribution in [2.24, 2.45) is 0 Å². The van der Waals surface area contributed by atoms with Gasteiger partial charge in [-0.1, -0.05) is 30.3 Å². The number of aliphatic hydroxyl groups excluding tert-OH is 1.